The van der Waals surface area contributed by atoms with Gasteiger partial charge in [-0.3, -0.25) is 0 Å². The monoisotopic (exact) mass is 328 g/mol. The summed E-state index contributed by atoms with van der Waals surface area (Å²) >= 11 is 0. The van der Waals surface area contributed by atoms with Crippen LogP contribution in [0, 0.1) is 29.1 Å². The molecule has 134 valence electrons. The van der Waals surface area contributed by atoms with E-state index in [9.17, 15) is 5.11 Å². The maximum absolute atomic E-state index is 10.0. The third kappa shape index (κ3) is 2.54. The summed E-state index contributed by atoms with van der Waals surface area (Å²) in [7, 11) is 0. The lowest BCUT2D eigenvalue weighted by Gasteiger charge is -2.52. The fourth-order valence-electron chi connectivity index (χ4n) is 7.36. The fraction of sp³-hybridized carbons (Fsp3) is 0.826. The van der Waals surface area contributed by atoms with Crippen molar-refractivity contribution < 1.29 is 5.11 Å². The van der Waals surface area contributed by atoms with Crippen molar-refractivity contribution >= 4 is 0 Å². The molecule has 4 rings (SSSR count). The van der Waals surface area contributed by atoms with E-state index in [1.54, 1.807) is 16.7 Å². The number of rotatable bonds is 3. The number of fused-ring (bicyclic) bond motifs is 4. The van der Waals surface area contributed by atoms with Crippen molar-refractivity contribution in [2.24, 2.45) is 29.1 Å². The smallest absolute Gasteiger partial charge is 0.0580 e. The zero-order chi connectivity index (χ0) is 16.9. The van der Waals surface area contributed by atoms with Gasteiger partial charge < -0.3 is 5.11 Å². The van der Waals surface area contributed by atoms with E-state index in [2.05, 4.69) is 20.4 Å². The predicted molar refractivity (Wildman–Crippen MR) is 101 cm³/mol. The van der Waals surface area contributed by atoms with Gasteiger partial charge in [0.1, 0.15) is 0 Å². The first kappa shape index (κ1) is 16.9. The second-order valence-corrected chi connectivity index (χ2v) is 9.52. The third-order valence-corrected chi connectivity index (χ3v) is 8.41. The van der Waals surface area contributed by atoms with Crippen LogP contribution >= 0.6 is 0 Å². The standard InChI is InChI=1S/C23H36O/c1-4-5-15(2)21-10-11-22-20-8-6-16-14-17(24)7-9-18(16)19(20)12-13-23(21,22)3/h17,19-22,24H,2,4-14H2,1,3H3/t17-,19?,20?,21+,22?,23+/m0/s1. The fourth-order valence-corrected chi connectivity index (χ4v) is 7.36. The normalized spacial score (nSPS) is 44.7. The van der Waals surface area contributed by atoms with E-state index < -0.39 is 0 Å². The van der Waals surface area contributed by atoms with E-state index >= 15 is 0 Å². The molecule has 0 aromatic carbocycles. The summed E-state index contributed by atoms with van der Waals surface area (Å²) in [5, 5.41) is 10.0. The Morgan fingerprint density at radius 1 is 1.17 bits per heavy atom. The van der Waals surface area contributed by atoms with Crippen molar-refractivity contribution in [1.29, 1.82) is 0 Å². The van der Waals surface area contributed by atoms with Crippen LogP contribution in [0.25, 0.3) is 0 Å². The first-order chi connectivity index (χ1) is 11.5. The highest BCUT2D eigenvalue weighted by Gasteiger charge is 2.55. The van der Waals surface area contributed by atoms with Crippen LogP contribution in [0.5, 0.6) is 0 Å². The molecule has 0 aromatic heterocycles. The minimum Gasteiger partial charge on any atom is -0.393 e. The lowest BCUT2D eigenvalue weighted by molar-refractivity contribution is 0.0182. The number of hydrogen-bond donors (Lipinski definition) is 1. The first-order valence-electron chi connectivity index (χ1n) is 10.6. The van der Waals surface area contributed by atoms with Gasteiger partial charge in [-0.15, -0.1) is 0 Å². The molecule has 4 aliphatic rings. The van der Waals surface area contributed by atoms with Gasteiger partial charge >= 0.3 is 0 Å². The summed E-state index contributed by atoms with van der Waals surface area (Å²) in [4.78, 5) is 0. The lowest BCUT2D eigenvalue weighted by Crippen LogP contribution is -2.44. The first-order valence-corrected chi connectivity index (χ1v) is 10.6. The summed E-state index contributed by atoms with van der Waals surface area (Å²) in [5.41, 5.74) is 5.54. The molecule has 24 heavy (non-hydrogen) atoms. The average molecular weight is 329 g/mol. The Kier molecular flexibility index (Phi) is 4.44. The Hall–Kier alpha value is -0.560. The Bertz CT molecular complexity index is 544. The summed E-state index contributed by atoms with van der Waals surface area (Å²) in [5.74, 6) is 3.50. The van der Waals surface area contributed by atoms with Crippen molar-refractivity contribution in [3.63, 3.8) is 0 Å². The zero-order valence-corrected chi connectivity index (χ0v) is 15.8. The van der Waals surface area contributed by atoms with Crippen LogP contribution in [0.3, 0.4) is 0 Å². The van der Waals surface area contributed by atoms with Gasteiger partial charge in [-0.1, -0.05) is 43.6 Å². The molecule has 1 N–H and O–H groups in total. The summed E-state index contributed by atoms with van der Waals surface area (Å²) < 4.78 is 0. The molecule has 0 radical (unpaired) electrons. The molecular weight excluding hydrogens is 292 g/mol. The van der Waals surface area contributed by atoms with Gasteiger partial charge in [0.25, 0.3) is 0 Å². The van der Waals surface area contributed by atoms with Crippen LogP contribution in [0.15, 0.2) is 23.3 Å². The third-order valence-electron chi connectivity index (χ3n) is 8.41. The zero-order valence-electron chi connectivity index (χ0n) is 15.8. The van der Waals surface area contributed by atoms with Crippen molar-refractivity contribution in [2.45, 2.75) is 90.6 Å². The van der Waals surface area contributed by atoms with Gasteiger partial charge in [0.2, 0.25) is 0 Å². The Balaban J connectivity index is 1.57. The quantitative estimate of drug-likeness (QED) is 0.626. The van der Waals surface area contributed by atoms with E-state index in [4.69, 9.17) is 0 Å². The predicted octanol–water partition coefficient (Wildman–Crippen LogP) is 6.04. The van der Waals surface area contributed by atoms with E-state index in [-0.39, 0.29) is 6.10 Å². The molecule has 0 bridgehead atoms. The van der Waals surface area contributed by atoms with Gasteiger partial charge in [0, 0.05) is 0 Å². The van der Waals surface area contributed by atoms with E-state index in [0.717, 1.165) is 36.5 Å². The highest BCUT2D eigenvalue weighted by Crippen LogP contribution is 2.64. The van der Waals surface area contributed by atoms with Crippen molar-refractivity contribution in [3.05, 3.63) is 23.3 Å². The van der Waals surface area contributed by atoms with E-state index in [1.165, 1.54) is 57.8 Å². The van der Waals surface area contributed by atoms with Crippen molar-refractivity contribution in [2.75, 3.05) is 0 Å². The maximum atomic E-state index is 10.0. The van der Waals surface area contributed by atoms with Gasteiger partial charge in [-0.25, -0.2) is 0 Å². The Labute approximate surface area is 148 Å². The lowest BCUT2D eigenvalue weighted by atomic mass is 9.52. The van der Waals surface area contributed by atoms with Gasteiger partial charge in [-0.05, 0) is 93.3 Å². The minimum atomic E-state index is -0.0533. The molecule has 0 spiro atoms. The number of allylic oxidation sites excluding steroid dienone is 2. The van der Waals surface area contributed by atoms with Crippen LogP contribution in [-0.4, -0.2) is 11.2 Å². The Morgan fingerprint density at radius 3 is 2.79 bits per heavy atom. The second kappa shape index (κ2) is 6.31. The molecule has 1 heteroatoms. The molecule has 6 atom stereocenters. The molecule has 4 aliphatic carbocycles. The van der Waals surface area contributed by atoms with Gasteiger partial charge in [-0.2, -0.15) is 0 Å². The van der Waals surface area contributed by atoms with Crippen LogP contribution < -0.4 is 0 Å². The van der Waals surface area contributed by atoms with Crippen LogP contribution in [0.4, 0.5) is 0 Å². The van der Waals surface area contributed by atoms with E-state index in [0.29, 0.717) is 5.41 Å². The summed E-state index contributed by atoms with van der Waals surface area (Å²) in [6.07, 6.45) is 13.9. The second-order valence-electron chi connectivity index (χ2n) is 9.52. The van der Waals surface area contributed by atoms with Gasteiger partial charge in [0.05, 0.1) is 6.10 Å². The molecule has 0 aromatic rings. The SMILES string of the molecule is C=C(CCC)[C@H]1CCC2C3CCC4=C(CC[C@H](O)C4)C3CC[C@@]21C. The minimum absolute atomic E-state index is 0.0533. The number of aliphatic hydroxyl groups is 1. The van der Waals surface area contributed by atoms with Crippen LogP contribution in [0.2, 0.25) is 0 Å². The van der Waals surface area contributed by atoms with Crippen LogP contribution in [0.1, 0.15) is 84.5 Å². The summed E-state index contributed by atoms with van der Waals surface area (Å²) in [6.45, 7) is 9.41. The summed E-state index contributed by atoms with van der Waals surface area (Å²) in [6, 6.07) is 0. The number of aliphatic hydroxyl groups excluding tert-OH is 1. The van der Waals surface area contributed by atoms with Crippen molar-refractivity contribution in [1.82, 2.24) is 0 Å². The molecule has 0 heterocycles. The van der Waals surface area contributed by atoms with Crippen molar-refractivity contribution in [3.8, 4) is 0 Å². The molecule has 0 amide bonds. The van der Waals surface area contributed by atoms with E-state index in [1.807, 2.05) is 0 Å². The Morgan fingerprint density at radius 2 is 2.00 bits per heavy atom. The largest absolute Gasteiger partial charge is 0.393 e. The molecule has 2 fully saturated rings. The topological polar surface area (TPSA) is 20.2 Å². The maximum Gasteiger partial charge on any atom is 0.0580 e. The highest BCUT2D eigenvalue weighted by molar-refractivity contribution is 5.28. The molecule has 1 nitrogen and oxygen atoms in total. The van der Waals surface area contributed by atoms with Crippen LogP contribution in [-0.2, 0) is 0 Å². The molecule has 3 unspecified atom stereocenters. The van der Waals surface area contributed by atoms with Gasteiger partial charge in [0.15, 0.2) is 0 Å². The molecular formula is C23H36O. The molecule has 0 aliphatic heterocycles. The number of hydrogen-bond acceptors (Lipinski definition) is 1. The highest BCUT2D eigenvalue weighted by atomic mass is 16.3. The molecule has 0 saturated heterocycles. The average Bonchev–Trinajstić information content (AvgIpc) is 2.92. The molecule has 2 saturated carbocycles.